The molecule has 0 aliphatic heterocycles. The van der Waals surface area contributed by atoms with Crippen molar-refractivity contribution in [2.75, 3.05) is 0 Å². The van der Waals surface area contributed by atoms with E-state index in [2.05, 4.69) is 45.0 Å². The van der Waals surface area contributed by atoms with Crippen molar-refractivity contribution in [1.29, 1.82) is 0 Å². The number of allylic oxidation sites excluding steroid dienone is 1. The topological polar surface area (TPSA) is 17.1 Å². The Kier molecular flexibility index (Phi) is 3.98. The summed E-state index contributed by atoms with van der Waals surface area (Å²) in [7, 11) is 0. The van der Waals surface area contributed by atoms with Gasteiger partial charge < -0.3 is 0 Å². The Labute approximate surface area is 132 Å². The van der Waals surface area contributed by atoms with Crippen molar-refractivity contribution in [2.45, 2.75) is 40.0 Å². The van der Waals surface area contributed by atoms with Gasteiger partial charge in [-0.05, 0) is 67.9 Å². The summed E-state index contributed by atoms with van der Waals surface area (Å²) < 4.78 is 0. The van der Waals surface area contributed by atoms with Crippen LogP contribution >= 0.6 is 0 Å². The molecule has 0 aromatic heterocycles. The van der Waals surface area contributed by atoms with Crippen LogP contribution in [-0.2, 0) is 12.8 Å². The number of rotatable bonds is 4. The molecule has 0 fully saturated rings. The zero-order chi connectivity index (χ0) is 15.7. The zero-order valence-electron chi connectivity index (χ0n) is 13.6. The van der Waals surface area contributed by atoms with Gasteiger partial charge in [-0.2, -0.15) is 0 Å². The predicted octanol–water partition coefficient (Wildman–Crippen LogP) is 5.00. The summed E-state index contributed by atoms with van der Waals surface area (Å²) in [6, 6.07) is 10.5. The molecule has 112 valence electrons. The molecule has 1 heteroatoms. The second-order valence-electron chi connectivity index (χ2n) is 6.39. The SMILES string of the molecule is Cc1cc(C)c(CCC2=Cc3cccc(C=O)c3C2)c(C)c1. The monoisotopic (exact) mass is 290 g/mol. The number of carbonyl (C=O) groups is 1. The minimum atomic E-state index is 0.839. The van der Waals surface area contributed by atoms with E-state index in [1.165, 1.54) is 39.0 Å². The minimum absolute atomic E-state index is 0.839. The van der Waals surface area contributed by atoms with Crippen molar-refractivity contribution in [3.05, 3.63) is 74.8 Å². The predicted molar refractivity (Wildman–Crippen MR) is 92.5 cm³/mol. The first kappa shape index (κ1) is 14.8. The fraction of sp³-hybridized carbons (Fsp3) is 0.286. The molecule has 0 amide bonds. The Morgan fingerprint density at radius 3 is 2.45 bits per heavy atom. The molecule has 0 radical (unpaired) electrons. The summed E-state index contributed by atoms with van der Waals surface area (Å²) in [5.41, 5.74) is 10.3. The number of benzene rings is 2. The van der Waals surface area contributed by atoms with Gasteiger partial charge in [-0.1, -0.05) is 47.5 Å². The first-order valence-corrected chi connectivity index (χ1v) is 7.91. The molecule has 1 aliphatic rings. The van der Waals surface area contributed by atoms with Crippen LogP contribution in [0.25, 0.3) is 6.08 Å². The van der Waals surface area contributed by atoms with Gasteiger partial charge in [0.05, 0.1) is 0 Å². The van der Waals surface area contributed by atoms with E-state index in [4.69, 9.17) is 0 Å². The van der Waals surface area contributed by atoms with Crippen LogP contribution in [0.15, 0.2) is 35.9 Å². The van der Waals surface area contributed by atoms with Gasteiger partial charge in [0, 0.05) is 5.56 Å². The third kappa shape index (κ3) is 2.76. The summed E-state index contributed by atoms with van der Waals surface area (Å²) in [5.74, 6) is 0. The minimum Gasteiger partial charge on any atom is -0.298 e. The van der Waals surface area contributed by atoms with Gasteiger partial charge in [-0.15, -0.1) is 0 Å². The van der Waals surface area contributed by atoms with Crippen molar-refractivity contribution in [1.82, 2.24) is 0 Å². The van der Waals surface area contributed by atoms with E-state index < -0.39 is 0 Å². The van der Waals surface area contributed by atoms with Gasteiger partial charge in [-0.3, -0.25) is 4.79 Å². The Hall–Kier alpha value is -2.15. The van der Waals surface area contributed by atoms with Crippen LogP contribution in [0.4, 0.5) is 0 Å². The van der Waals surface area contributed by atoms with E-state index in [0.29, 0.717) is 0 Å². The number of hydrogen-bond acceptors (Lipinski definition) is 1. The molecule has 2 aromatic rings. The Bertz CT molecular complexity index is 742. The first-order chi connectivity index (χ1) is 10.6. The van der Waals surface area contributed by atoms with Crippen molar-refractivity contribution < 1.29 is 4.79 Å². The maximum atomic E-state index is 11.2. The molecule has 0 spiro atoms. The highest BCUT2D eigenvalue weighted by atomic mass is 16.1. The van der Waals surface area contributed by atoms with E-state index in [1.54, 1.807) is 0 Å². The van der Waals surface area contributed by atoms with Gasteiger partial charge in [0.2, 0.25) is 0 Å². The van der Waals surface area contributed by atoms with Crippen LogP contribution in [0, 0.1) is 20.8 Å². The second kappa shape index (κ2) is 5.92. The smallest absolute Gasteiger partial charge is 0.150 e. The number of fused-ring (bicyclic) bond motifs is 1. The van der Waals surface area contributed by atoms with Gasteiger partial charge in [0.25, 0.3) is 0 Å². The van der Waals surface area contributed by atoms with E-state index >= 15 is 0 Å². The van der Waals surface area contributed by atoms with Gasteiger partial charge in [-0.25, -0.2) is 0 Å². The number of aryl methyl sites for hydroxylation is 3. The second-order valence-corrected chi connectivity index (χ2v) is 6.39. The third-order valence-corrected chi connectivity index (χ3v) is 4.68. The summed E-state index contributed by atoms with van der Waals surface area (Å²) in [6.45, 7) is 6.57. The van der Waals surface area contributed by atoms with Crippen LogP contribution in [0.2, 0.25) is 0 Å². The fourth-order valence-corrected chi connectivity index (χ4v) is 3.62. The summed E-state index contributed by atoms with van der Waals surface area (Å²) in [4.78, 5) is 11.2. The Morgan fingerprint density at radius 1 is 1.05 bits per heavy atom. The van der Waals surface area contributed by atoms with Gasteiger partial charge >= 0.3 is 0 Å². The largest absolute Gasteiger partial charge is 0.298 e. The molecular formula is C21H22O. The normalized spacial score (nSPS) is 13.0. The lowest BCUT2D eigenvalue weighted by atomic mass is 9.94. The summed E-state index contributed by atoms with van der Waals surface area (Å²) in [6.07, 6.45) is 6.31. The van der Waals surface area contributed by atoms with Crippen LogP contribution in [0.1, 0.15) is 50.2 Å². The van der Waals surface area contributed by atoms with Crippen molar-refractivity contribution in [3.8, 4) is 0 Å². The van der Waals surface area contributed by atoms with Crippen molar-refractivity contribution >= 4 is 12.4 Å². The average molecular weight is 290 g/mol. The highest BCUT2D eigenvalue weighted by Gasteiger charge is 2.16. The van der Waals surface area contributed by atoms with Crippen LogP contribution < -0.4 is 0 Å². The summed E-state index contributed by atoms with van der Waals surface area (Å²) in [5, 5.41) is 0. The maximum Gasteiger partial charge on any atom is 0.150 e. The molecule has 0 unspecified atom stereocenters. The average Bonchev–Trinajstić information content (AvgIpc) is 2.88. The van der Waals surface area contributed by atoms with E-state index in [1.807, 2.05) is 12.1 Å². The first-order valence-electron chi connectivity index (χ1n) is 7.91. The molecule has 22 heavy (non-hydrogen) atoms. The molecule has 1 nitrogen and oxygen atoms in total. The van der Waals surface area contributed by atoms with E-state index in [-0.39, 0.29) is 0 Å². The van der Waals surface area contributed by atoms with Gasteiger partial charge in [0.1, 0.15) is 6.29 Å². The number of hydrogen-bond donors (Lipinski definition) is 0. The molecule has 0 saturated heterocycles. The molecule has 3 rings (SSSR count). The van der Waals surface area contributed by atoms with Crippen molar-refractivity contribution in [2.24, 2.45) is 0 Å². The highest BCUT2D eigenvalue weighted by molar-refractivity contribution is 5.82. The molecule has 0 atom stereocenters. The molecule has 0 N–H and O–H groups in total. The fourth-order valence-electron chi connectivity index (χ4n) is 3.62. The molecule has 0 heterocycles. The van der Waals surface area contributed by atoms with Crippen molar-refractivity contribution in [3.63, 3.8) is 0 Å². The molecule has 2 aromatic carbocycles. The molecular weight excluding hydrogens is 268 g/mol. The third-order valence-electron chi connectivity index (χ3n) is 4.68. The van der Waals surface area contributed by atoms with Crippen LogP contribution in [-0.4, -0.2) is 6.29 Å². The summed E-state index contributed by atoms with van der Waals surface area (Å²) >= 11 is 0. The van der Waals surface area contributed by atoms with E-state index in [9.17, 15) is 4.79 Å². The Morgan fingerprint density at radius 2 is 1.77 bits per heavy atom. The quantitative estimate of drug-likeness (QED) is 0.724. The lowest BCUT2D eigenvalue weighted by Gasteiger charge is -2.12. The zero-order valence-corrected chi connectivity index (χ0v) is 13.6. The lowest BCUT2D eigenvalue weighted by Crippen LogP contribution is -1.98. The molecule has 0 saturated carbocycles. The Balaban J connectivity index is 1.76. The van der Waals surface area contributed by atoms with Gasteiger partial charge in [0.15, 0.2) is 0 Å². The lowest BCUT2D eigenvalue weighted by molar-refractivity contribution is 0.112. The molecule has 1 aliphatic carbocycles. The van der Waals surface area contributed by atoms with E-state index in [0.717, 1.165) is 31.1 Å². The maximum absolute atomic E-state index is 11.2. The number of aldehydes is 1. The molecule has 0 bridgehead atoms. The van der Waals surface area contributed by atoms with Crippen LogP contribution in [0.3, 0.4) is 0 Å². The number of carbonyl (C=O) groups excluding carboxylic acids is 1. The standard InChI is InChI=1S/C21H22O/c1-14-9-15(2)20(16(3)10-14)8-7-17-11-18-5-4-6-19(13-22)21(18)12-17/h4-6,9-11,13H,7-8,12H2,1-3H3. The highest BCUT2D eigenvalue weighted by Crippen LogP contribution is 2.30. The van der Waals surface area contributed by atoms with Crippen LogP contribution in [0.5, 0.6) is 0 Å².